The third kappa shape index (κ3) is 4.83. The highest BCUT2D eigenvalue weighted by atomic mass is 16.5. The van der Waals surface area contributed by atoms with E-state index in [-0.39, 0.29) is 0 Å². The number of methoxy groups -OCH3 is 2. The fourth-order valence-electron chi connectivity index (χ4n) is 2.66. The number of hydrogen-bond acceptors (Lipinski definition) is 3. The molecule has 0 fully saturated rings. The first kappa shape index (κ1) is 17.7. The number of phenolic OH excluding ortho intramolecular Hbond substituents is 1. The molecule has 3 nitrogen and oxygen atoms in total. The van der Waals surface area contributed by atoms with Gasteiger partial charge in [-0.05, 0) is 37.3 Å². The van der Waals surface area contributed by atoms with E-state index in [9.17, 15) is 5.11 Å². The van der Waals surface area contributed by atoms with Crippen LogP contribution in [0.5, 0.6) is 17.2 Å². The molecule has 0 bridgehead atoms. The first-order valence-electron chi connectivity index (χ1n) is 8.15. The number of benzene rings is 1. The fourth-order valence-corrected chi connectivity index (χ4v) is 2.66. The molecule has 0 unspecified atom stereocenters. The molecule has 120 valence electrons. The third-order valence-corrected chi connectivity index (χ3v) is 3.90. The molecule has 1 aromatic rings. The number of unbranched alkanes of at least 4 members (excludes halogenated alkanes) is 4. The molecule has 0 spiro atoms. The molecule has 1 aromatic carbocycles. The Hall–Kier alpha value is -1.38. The van der Waals surface area contributed by atoms with Crippen LogP contribution in [0.1, 0.15) is 63.5 Å². The SMILES string of the molecule is CCCCCc1cc(OC)c(OC)c(CCCCC)c1O. The van der Waals surface area contributed by atoms with Crippen LogP contribution in [0, 0.1) is 0 Å². The van der Waals surface area contributed by atoms with Crippen LogP contribution in [0.15, 0.2) is 6.07 Å². The van der Waals surface area contributed by atoms with Crippen LogP contribution in [-0.2, 0) is 12.8 Å². The molecule has 0 aromatic heterocycles. The molecule has 0 atom stereocenters. The molecule has 0 aliphatic heterocycles. The summed E-state index contributed by atoms with van der Waals surface area (Å²) in [5.41, 5.74) is 1.88. The Bertz CT molecular complexity index is 427. The van der Waals surface area contributed by atoms with Crippen molar-refractivity contribution >= 4 is 0 Å². The van der Waals surface area contributed by atoms with Gasteiger partial charge in [-0.3, -0.25) is 0 Å². The molecule has 0 radical (unpaired) electrons. The number of rotatable bonds is 10. The molecule has 0 amide bonds. The summed E-state index contributed by atoms with van der Waals surface area (Å²) in [5, 5.41) is 10.6. The molecule has 21 heavy (non-hydrogen) atoms. The van der Waals surface area contributed by atoms with Gasteiger partial charge in [0.1, 0.15) is 5.75 Å². The molecule has 0 heterocycles. The van der Waals surface area contributed by atoms with Gasteiger partial charge in [0.05, 0.1) is 14.2 Å². The number of aromatic hydroxyl groups is 1. The summed E-state index contributed by atoms with van der Waals surface area (Å²) < 4.78 is 10.9. The van der Waals surface area contributed by atoms with E-state index >= 15 is 0 Å². The zero-order valence-electron chi connectivity index (χ0n) is 14.0. The summed E-state index contributed by atoms with van der Waals surface area (Å²) >= 11 is 0. The lowest BCUT2D eigenvalue weighted by atomic mass is 9.97. The van der Waals surface area contributed by atoms with E-state index in [1.165, 1.54) is 12.8 Å². The highest BCUT2D eigenvalue weighted by molar-refractivity contribution is 5.57. The van der Waals surface area contributed by atoms with Gasteiger partial charge in [0.25, 0.3) is 0 Å². The summed E-state index contributed by atoms with van der Waals surface area (Å²) in [4.78, 5) is 0. The molecule has 0 aliphatic rings. The second kappa shape index (κ2) is 9.54. The Labute approximate surface area is 129 Å². The summed E-state index contributed by atoms with van der Waals surface area (Å²) in [5.74, 6) is 1.82. The molecule has 0 saturated heterocycles. The molecule has 1 rings (SSSR count). The first-order valence-corrected chi connectivity index (χ1v) is 8.15. The van der Waals surface area contributed by atoms with Crippen LogP contribution < -0.4 is 9.47 Å². The van der Waals surface area contributed by atoms with Gasteiger partial charge in [-0.1, -0.05) is 39.5 Å². The van der Waals surface area contributed by atoms with Crippen molar-refractivity contribution in [3.05, 3.63) is 17.2 Å². The van der Waals surface area contributed by atoms with Gasteiger partial charge >= 0.3 is 0 Å². The summed E-state index contributed by atoms with van der Waals surface area (Å²) in [6.07, 6.45) is 8.55. The van der Waals surface area contributed by atoms with Crippen LogP contribution >= 0.6 is 0 Å². The molecular formula is C18H30O3. The second-order valence-corrected chi connectivity index (χ2v) is 5.51. The van der Waals surface area contributed by atoms with Crippen LogP contribution in [0.4, 0.5) is 0 Å². The second-order valence-electron chi connectivity index (χ2n) is 5.51. The Morgan fingerprint density at radius 2 is 1.52 bits per heavy atom. The lowest BCUT2D eigenvalue weighted by molar-refractivity contribution is 0.345. The van der Waals surface area contributed by atoms with Crippen molar-refractivity contribution in [1.82, 2.24) is 0 Å². The maximum atomic E-state index is 10.6. The minimum atomic E-state index is 0.403. The zero-order valence-corrected chi connectivity index (χ0v) is 14.0. The van der Waals surface area contributed by atoms with Crippen molar-refractivity contribution in [3.8, 4) is 17.2 Å². The van der Waals surface area contributed by atoms with E-state index in [1.54, 1.807) is 14.2 Å². The number of hydrogen-bond donors (Lipinski definition) is 1. The Morgan fingerprint density at radius 1 is 0.905 bits per heavy atom. The largest absolute Gasteiger partial charge is 0.507 e. The van der Waals surface area contributed by atoms with Gasteiger partial charge in [0.15, 0.2) is 11.5 Å². The molecule has 0 aliphatic carbocycles. The van der Waals surface area contributed by atoms with Gasteiger partial charge in [0.2, 0.25) is 0 Å². The monoisotopic (exact) mass is 294 g/mol. The number of ether oxygens (including phenoxy) is 2. The van der Waals surface area contributed by atoms with E-state index in [2.05, 4.69) is 13.8 Å². The Morgan fingerprint density at radius 3 is 2.05 bits per heavy atom. The summed E-state index contributed by atoms with van der Waals surface area (Å²) in [7, 11) is 3.29. The normalized spacial score (nSPS) is 10.7. The average Bonchev–Trinajstić information content (AvgIpc) is 2.50. The maximum Gasteiger partial charge on any atom is 0.167 e. The van der Waals surface area contributed by atoms with Crippen LogP contribution in [0.25, 0.3) is 0 Å². The van der Waals surface area contributed by atoms with Gasteiger partial charge in [0, 0.05) is 5.56 Å². The molecule has 1 N–H and O–H groups in total. The molecule has 3 heteroatoms. The predicted molar refractivity (Wildman–Crippen MR) is 87.7 cm³/mol. The smallest absolute Gasteiger partial charge is 0.167 e. The Kier molecular flexibility index (Phi) is 8.03. The summed E-state index contributed by atoms with van der Waals surface area (Å²) in [6, 6.07) is 1.92. The zero-order chi connectivity index (χ0) is 15.7. The maximum absolute atomic E-state index is 10.6. The van der Waals surface area contributed by atoms with Gasteiger partial charge < -0.3 is 14.6 Å². The van der Waals surface area contributed by atoms with Crippen molar-refractivity contribution in [2.24, 2.45) is 0 Å². The van der Waals surface area contributed by atoms with Crippen molar-refractivity contribution in [1.29, 1.82) is 0 Å². The van der Waals surface area contributed by atoms with E-state index < -0.39 is 0 Å². The van der Waals surface area contributed by atoms with E-state index in [0.29, 0.717) is 11.5 Å². The third-order valence-electron chi connectivity index (χ3n) is 3.90. The van der Waals surface area contributed by atoms with Gasteiger partial charge in [-0.25, -0.2) is 0 Å². The van der Waals surface area contributed by atoms with E-state index in [4.69, 9.17) is 9.47 Å². The van der Waals surface area contributed by atoms with Crippen molar-refractivity contribution in [3.63, 3.8) is 0 Å². The summed E-state index contributed by atoms with van der Waals surface area (Å²) in [6.45, 7) is 4.36. The van der Waals surface area contributed by atoms with Crippen molar-refractivity contribution in [2.45, 2.75) is 65.2 Å². The number of phenols is 1. The molecular weight excluding hydrogens is 264 g/mol. The van der Waals surface area contributed by atoms with Crippen molar-refractivity contribution in [2.75, 3.05) is 14.2 Å². The Balaban J connectivity index is 3.06. The molecule has 0 saturated carbocycles. The quantitative estimate of drug-likeness (QED) is 0.625. The van der Waals surface area contributed by atoms with Crippen molar-refractivity contribution < 1.29 is 14.6 Å². The average molecular weight is 294 g/mol. The predicted octanol–water partition coefficient (Wildman–Crippen LogP) is 4.87. The topological polar surface area (TPSA) is 38.7 Å². The van der Waals surface area contributed by atoms with E-state index in [1.807, 2.05) is 6.07 Å². The highest BCUT2D eigenvalue weighted by Crippen LogP contribution is 2.41. The van der Waals surface area contributed by atoms with Crippen LogP contribution in [0.2, 0.25) is 0 Å². The fraction of sp³-hybridized carbons (Fsp3) is 0.667. The highest BCUT2D eigenvalue weighted by Gasteiger charge is 2.18. The lowest BCUT2D eigenvalue weighted by Gasteiger charge is -2.17. The van der Waals surface area contributed by atoms with E-state index in [0.717, 1.165) is 55.4 Å². The minimum absolute atomic E-state index is 0.403. The standard InChI is InChI=1S/C18H30O3/c1-5-7-9-11-14-13-16(20-3)18(21-4)15(17(14)19)12-10-8-6-2/h13,19H,5-12H2,1-4H3. The van der Waals surface area contributed by atoms with Crippen LogP contribution in [-0.4, -0.2) is 19.3 Å². The van der Waals surface area contributed by atoms with Gasteiger partial charge in [-0.2, -0.15) is 0 Å². The number of aryl methyl sites for hydroxylation is 1. The van der Waals surface area contributed by atoms with Gasteiger partial charge in [-0.15, -0.1) is 0 Å². The minimum Gasteiger partial charge on any atom is -0.507 e. The first-order chi connectivity index (χ1) is 10.2. The van der Waals surface area contributed by atoms with Crippen LogP contribution in [0.3, 0.4) is 0 Å². The lowest BCUT2D eigenvalue weighted by Crippen LogP contribution is -2.00.